The van der Waals surface area contributed by atoms with Crippen molar-refractivity contribution in [3.8, 4) is 11.1 Å². The number of fused-ring (bicyclic) bond motifs is 1. The molecule has 0 aromatic carbocycles. The van der Waals surface area contributed by atoms with E-state index in [0.717, 1.165) is 60.9 Å². The Labute approximate surface area is 190 Å². The molecule has 178 valence electrons. The average molecular weight is 463 g/mol. The van der Waals surface area contributed by atoms with Crippen LogP contribution < -0.4 is 5.32 Å². The molecule has 2 N–H and O–H groups in total. The maximum atomic E-state index is 12.8. The lowest BCUT2D eigenvalue weighted by atomic mass is 9.85. The zero-order valence-corrected chi connectivity index (χ0v) is 18.6. The highest BCUT2D eigenvalue weighted by Gasteiger charge is 2.31. The second-order valence-electron chi connectivity index (χ2n) is 9.53. The summed E-state index contributed by atoms with van der Waals surface area (Å²) in [6.45, 7) is 1.47. The van der Waals surface area contributed by atoms with E-state index in [4.69, 9.17) is 0 Å². The summed E-state index contributed by atoms with van der Waals surface area (Å²) in [6.07, 6.45) is 6.74. The minimum absolute atomic E-state index is 0.170. The van der Waals surface area contributed by atoms with Crippen molar-refractivity contribution in [1.29, 1.82) is 0 Å². The number of hydrogen-bond acceptors (Lipinski definition) is 5. The van der Waals surface area contributed by atoms with Crippen LogP contribution in [0.1, 0.15) is 75.9 Å². The molecule has 0 bridgehead atoms. The number of alkyl halides is 3. The van der Waals surface area contributed by atoms with Crippen LogP contribution in [0.5, 0.6) is 0 Å². The van der Waals surface area contributed by atoms with Gasteiger partial charge in [-0.3, -0.25) is 4.68 Å². The van der Waals surface area contributed by atoms with Gasteiger partial charge in [0, 0.05) is 35.0 Å². The maximum Gasteiger partial charge on any atom is 0.391 e. The highest BCUT2D eigenvalue weighted by Crippen LogP contribution is 2.38. The Morgan fingerprint density at radius 1 is 1.15 bits per heavy atom. The summed E-state index contributed by atoms with van der Waals surface area (Å²) in [5.41, 5.74) is 3.75. The number of nitrogens with zero attached hydrogens (tertiary/aromatic N) is 5. The molecule has 2 aliphatic rings. The van der Waals surface area contributed by atoms with Crippen molar-refractivity contribution >= 4 is 11.5 Å². The largest absolute Gasteiger partial charge is 0.393 e. The predicted octanol–water partition coefficient (Wildman–Crippen LogP) is 5.09. The van der Waals surface area contributed by atoms with Gasteiger partial charge in [-0.25, -0.2) is 9.50 Å². The van der Waals surface area contributed by atoms with E-state index in [-0.39, 0.29) is 18.0 Å². The van der Waals surface area contributed by atoms with Crippen molar-refractivity contribution in [2.24, 2.45) is 0 Å². The fraction of sp³-hybridized carbons (Fsp3) is 0.609. The smallest absolute Gasteiger partial charge is 0.391 e. The fourth-order valence-corrected chi connectivity index (χ4v) is 4.92. The van der Waals surface area contributed by atoms with Gasteiger partial charge >= 0.3 is 6.18 Å². The van der Waals surface area contributed by atoms with E-state index in [1.165, 1.54) is 13.3 Å². The maximum absolute atomic E-state index is 12.8. The Balaban J connectivity index is 1.50. The highest BCUT2D eigenvalue weighted by molar-refractivity contribution is 5.81. The van der Waals surface area contributed by atoms with Crippen LogP contribution in [0.25, 0.3) is 16.6 Å². The molecule has 0 radical (unpaired) electrons. The Morgan fingerprint density at radius 3 is 2.58 bits per heavy atom. The summed E-state index contributed by atoms with van der Waals surface area (Å²) in [5, 5.41) is 21.9. The van der Waals surface area contributed by atoms with Crippen LogP contribution in [0, 0.1) is 0 Å². The van der Waals surface area contributed by atoms with E-state index in [9.17, 15) is 18.3 Å². The number of halogens is 3. The van der Waals surface area contributed by atoms with Crippen molar-refractivity contribution in [3.63, 3.8) is 0 Å². The van der Waals surface area contributed by atoms with Gasteiger partial charge in [0.1, 0.15) is 0 Å². The van der Waals surface area contributed by atoms with Crippen molar-refractivity contribution in [2.75, 3.05) is 5.32 Å². The van der Waals surface area contributed by atoms with Crippen molar-refractivity contribution in [1.82, 2.24) is 24.4 Å². The summed E-state index contributed by atoms with van der Waals surface area (Å²) in [7, 11) is 0. The number of rotatable bonds is 6. The third kappa shape index (κ3) is 4.71. The molecule has 0 unspecified atom stereocenters. The van der Waals surface area contributed by atoms with Gasteiger partial charge in [-0.15, -0.1) is 5.10 Å². The molecule has 5 rings (SSSR count). The summed E-state index contributed by atoms with van der Waals surface area (Å²) in [6, 6.07) is 1.72. The molecule has 0 spiro atoms. The van der Waals surface area contributed by atoms with Gasteiger partial charge in [-0.2, -0.15) is 18.3 Å². The normalized spacial score (nSPS) is 22.9. The van der Waals surface area contributed by atoms with E-state index < -0.39 is 18.6 Å². The molecule has 10 heteroatoms. The summed E-state index contributed by atoms with van der Waals surface area (Å²) in [4.78, 5) is 4.33. The van der Waals surface area contributed by atoms with Crippen LogP contribution >= 0.6 is 0 Å². The van der Waals surface area contributed by atoms with Crippen LogP contribution in [0.2, 0.25) is 0 Å². The van der Waals surface area contributed by atoms with Gasteiger partial charge in [0.05, 0.1) is 36.5 Å². The molecule has 3 aromatic heterocycles. The molecule has 2 fully saturated rings. The van der Waals surface area contributed by atoms with Crippen LogP contribution in [-0.4, -0.2) is 47.8 Å². The lowest BCUT2D eigenvalue weighted by Gasteiger charge is -2.25. The number of aliphatic hydroxyl groups is 1. The Morgan fingerprint density at radius 2 is 1.91 bits per heavy atom. The zero-order chi connectivity index (χ0) is 23.2. The van der Waals surface area contributed by atoms with Gasteiger partial charge in [-0.1, -0.05) is 0 Å². The third-order valence-corrected chi connectivity index (χ3v) is 6.93. The van der Waals surface area contributed by atoms with Crippen molar-refractivity contribution in [2.45, 2.75) is 88.6 Å². The Bertz CT molecular complexity index is 1110. The van der Waals surface area contributed by atoms with Crippen LogP contribution in [0.4, 0.5) is 19.1 Å². The first-order valence-corrected chi connectivity index (χ1v) is 11.7. The Hall–Kier alpha value is -2.62. The number of aliphatic hydroxyl groups excluding tert-OH is 1. The third-order valence-electron chi connectivity index (χ3n) is 6.93. The number of nitrogens with one attached hydrogen (secondary N) is 1. The van der Waals surface area contributed by atoms with Crippen LogP contribution in [0.3, 0.4) is 0 Å². The molecule has 3 aromatic rings. The van der Waals surface area contributed by atoms with E-state index in [2.05, 4.69) is 32.8 Å². The van der Waals surface area contributed by atoms with E-state index in [0.29, 0.717) is 6.04 Å². The molecule has 1 atom stereocenters. The molecule has 2 aliphatic carbocycles. The van der Waals surface area contributed by atoms with Gasteiger partial charge in [-0.05, 0) is 57.9 Å². The molecule has 3 heterocycles. The first-order chi connectivity index (χ1) is 15.8. The topological polar surface area (TPSA) is 80.3 Å². The molecule has 0 saturated heterocycles. The molecule has 0 amide bonds. The molecule has 33 heavy (non-hydrogen) atoms. The average Bonchev–Trinajstić information content (AvgIpc) is 3.30. The van der Waals surface area contributed by atoms with Crippen LogP contribution in [-0.2, 0) is 0 Å². The van der Waals surface area contributed by atoms with Gasteiger partial charge in [0.15, 0.2) is 0 Å². The van der Waals surface area contributed by atoms with Gasteiger partial charge in [0.2, 0.25) is 5.95 Å². The van der Waals surface area contributed by atoms with Crippen molar-refractivity contribution < 1.29 is 18.3 Å². The van der Waals surface area contributed by atoms with E-state index in [1.807, 2.05) is 15.4 Å². The second-order valence-corrected chi connectivity index (χ2v) is 9.53. The quantitative estimate of drug-likeness (QED) is 0.534. The zero-order valence-electron chi connectivity index (χ0n) is 18.6. The molecular weight excluding hydrogens is 433 g/mol. The first-order valence-electron chi connectivity index (χ1n) is 11.7. The Kier molecular flexibility index (Phi) is 5.80. The SMILES string of the molecule is C[C@@H](CC(F)(F)F)Nc1ncc2c(-c3cnn(C4CCC4)c3)cc(C3CCC(O)CC3)n2n1. The van der Waals surface area contributed by atoms with Crippen molar-refractivity contribution in [3.05, 3.63) is 30.4 Å². The molecule has 7 nitrogen and oxygen atoms in total. The highest BCUT2D eigenvalue weighted by atomic mass is 19.4. The second kappa shape index (κ2) is 8.62. The summed E-state index contributed by atoms with van der Waals surface area (Å²) >= 11 is 0. The van der Waals surface area contributed by atoms with E-state index in [1.54, 1.807) is 6.20 Å². The minimum atomic E-state index is -4.26. The number of anilines is 1. The molecule has 0 aliphatic heterocycles. The predicted molar refractivity (Wildman–Crippen MR) is 118 cm³/mol. The summed E-state index contributed by atoms with van der Waals surface area (Å²) < 4.78 is 42.1. The van der Waals surface area contributed by atoms with Gasteiger partial charge < -0.3 is 10.4 Å². The van der Waals surface area contributed by atoms with Gasteiger partial charge in [0.25, 0.3) is 0 Å². The fourth-order valence-electron chi connectivity index (χ4n) is 4.92. The monoisotopic (exact) mass is 462 g/mol. The lowest BCUT2D eigenvalue weighted by molar-refractivity contribution is -0.136. The molecular formula is C23H29F3N6O. The van der Waals surface area contributed by atoms with E-state index >= 15 is 0 Å². The number of hydrogen-bond donors (Lipinski definition) is 2. The minimum Gasteiger partial charge on any atom is -0.393 e. The first kappa shape index (κ1) is 22.2. The lowest BCUT2D eigenvalue weighted by Crippen LogP contribution is -2.25. The number of aromatic nitrogens is 5. The van der Waals surface area contributed by atoms with Crippen LogP contribution in [0.15, 0.2) is 24.7 Å². The summed E-state index contributed by atoms with van der Waals surface area (Å²) in [5.74, 6) is 0.385. The standard InChI is InChI=1S/C23H29F3N6O/c1-14(10-23(24,25)26)29-22-27-12-21-19(16-11-28-31(13-16)17-3-2-4-17)9-20(32(21)30-22)15-5-7-18(33)8-6-15/h9,11-15,17-18,33H,2-8,10H2,1H3,(H,29,30)/t14-,15?,18?/m0/s1. The molecule has 2 saturated carbocycles.